The van der Waals surface area contributed by atoms with E-state index in [1.807, 2.05) is 6.92 Å². The maximum Gasteiger partial charge on any atom is 0.335 e. The number of benzene rings is 3. The first-order chi connectivity index (χ1) is 17.2. The summed E-state index contributed by atoms with van der Waals surface area (Å²) in [6.45, 7) is 2.35. The third-order valence-corrected chi connectivity index (χ3v) is 6.07. The maximum atomic E-state index is 14.7. The fraction of sp³-hybridized carbons (Fsp3) is 0.179. The van der Waals surface area contributed by atoms with E-state index in [0.29, 0.717) is 23.5 Å². The molecule has 1 aliphatic rings. The lowest BCUT2D eigenvalue weighted by Crippen LogP contribution is -2.36. The summed E-state index contributed by atoms with van der Waals surface area (Å²) in [6.07, 6.45) is 5.41. The number of hydrogen-bond acceptors (Lipinski definition) is 4. The molecule has 3 aromatic rings. The Morgan fingerprint density at radius 2 is 1.86 bits per heavy atom. The van der Waals surface area contributed by atoms with Gasteiger partial charge < -0.3 is 9.84 Å². The molecule has 1 N–H and O–H groups in total. The molecular weight excluding hydrogens is 488 g/mol. The second kappa shape index (κ2) is 10.4. The van der Waals surface area contributed by atoms with Gasteiger partial charge in [0.2, 0.25) is 0 Å². The summed E-state index contributed by atoms with van der Waals surface area (Å²) in [5, 5.41) is 9.50. The molecule has 0 amide bonds. The summed E-state index contributed by atoms with van der Waals surface area (Å²) < 4.78 is 35.2. The van der Waals surface area contributed by atoms with Crippen molar-refractivity contribution in [2.24, 2.45) is 4.99 Å². The zero-order valence-electron chi connectivity index (χ0n) is 19.3. The number of carbonyl (C=O) groups excluding carboxylic acids is 1. The molecule has 0 fully saturated rings. The number of Topliss-reactive ketones (excluding diaryl/α,β-unsaturated/α-hetero) is 1. The van der Waals surface area contributed by atoms with E-state index >= 15 is 0 Å². The molecule has 0 saturated heterocycles. The van der Waals surface area contributed by atoms with Gasteiger partial charge in [-0.15, -0.1) is 0 Å². The highest BCUT2D eigenvalue weighted by Crippen LogP contribution is 2.35. The van der Waals surface area contributed by atoms with Crippen LogP contribution < -0.4 is 4.74 Å². The van der Waals surface area contributed by atoms with E-state index in [9.17, 15) is 23.5 Å². The van der Waals surface area contributed by atoms with Crippen molar-refractivity contribution >= 4 is 29.6 Å². The number of aromatic carboxylic acids is 1. The monoisotopic (exact) mass is 509 g/mol. The van der Waals surface area contributed by atoms with Crippen molar-refractivity contribution in [2.45, 2.75) is 25.3 Å². The van der Waals surface area contributed by atoms with Crippen molar-refractivity contribution in [3.63, 3.8) is 0 Å². The van der Waals surface area contributed by atoms with Gasteiger partial charge in [-0.2, -0.15) is 0 Å². The van der Waals surface area contributed by atoms with Crippen molar-refractivity contribution in [3.05, 3.63) is 100 Å². The van der Waals surface area contributed by atoms with Gasteiger partial charge in [-0.1, -0.05) is 24.6 Å². The van der Waals surface area contributed by atoms with E-state index < -0.39 is 28.9 Å². The molecule has 0 bridgehead atoms. The van der Waals surface area contributed by atoms with Crippen LogP contribution in [-0.2, 0) is 6.42 Å². The molecule has 8 heteroatoms. The van der Waals surface area contributed by atoms with Crippen molar-refractivity contribution < 1.29 is 28.2 Å². The van der Waals surface area contributed by atoms with Gasteiger partial charge >= 0.3 is 5.97 Å². The molecule has 0 aromatic heterocycles. The third kappa shape index (κ3) is 5.06. The molecule has 0 spiro atoms. The van der Waals surface area contributed by atoms with Crippen LogP contribution in [0.1, 0.15) is 39.6 Å². The van der Waals surface area contributed by atoms with Gasteiger partial charge in [0, 0.05) is 23.2 Å². The normalized spacial score (nSPS) is 16.3. The van der Waals surface area contributed by atoms with Gasteiger partial charge in [0.15, 0.2) is 5.78 Å². The molecule has 0 aliphatic carbocycles. The Balaban J connectivity index is 1.80. The standard InChI is InChI=1S/C28H22ClF2NO4/c1-2-12-36-25-9-5-17(22-14-18(27(34)35)4-8-23(22)30)13-19(25)16-28(10-3-11-32-28)26(33)21-7-6-20(29)15-24(21)31/h3-11,13-15H,2,12,16H2,1H3,(H,34,35). The summed E-state index contributed by atoms with van der Waals surface area (Å²) in [5.41, 5.74) is -0.636. The minimum atomic E-state index is -1.45. The van der Waals surface area contributed by atoms with Crippen LogP contribution in [0.25, 0.3) is 11.1 Å². The van der Waals surface area contributed by atoms with E-state index in [-0.39, 0.29) is 28.1 Å². The van der Waals surface area contributed by atoms with E-state index in [1.165, 1.54) is 30.5 Å². The molecule has 1 aliphatic heterocycles. The fourth-order valence-electron chi connectivity index (χ4n) is 4.06. The number of allylic oxidation sites excluding steroid dienone is 1. The lowest BCUT2D eigenvalue weighted by molar-refractivity contribution is 0.0696. The zero-order valence-corrected chi connectivity index (χ0v) is 20.1. The minimum Gasteiger partial charge on any atom is -0.493 e. The molecule has 5 nitrogen and oxygen atoms in total. The highest BCUT2D eigenvalue weighted by atomic mass is 35.5. The summed E-state index contributed by atoms with van der Waals surface area (Å²) in [7, 11) is 0. The van der Waals surface area contributed by atoms with Crippen LogP contribution in [0.3, 0.4) is 0 Å². The molecule has 0 saturated carbocycles. The van der Waals surface area contributed by atoms with Gasteiger partial charge in [-0.05, 0) is 78.2 Å². The molecule has 184 valence electrons. The molecule has 1 unspecified atom stereocenters. The summed E-state index contributed by atoms with van der Waals surface area (Å²) in [4.78, 5) is 29.4. The Morgan fingerprint density at radius 3 is 2.53 bits per heavy atom. The Morgan fingerprint density at radius 1 is 1.06 bits per heavy atom. The SMILES string of the molecule is CCCOc1ccc(-c2cc(C(=O)O)ccc2F)cc1CC1(C(=O)c2ccc(Cl)cc2F)C=CC=N1. The van der Waals surface area contributed by atoms with Gasteiger partial charge in [0.05, 0.1) is 17.7 Å². The number of rotatable bonds is 9. The number of hydrogen-bond donors (Lipinski definition) is 1. The van der Waals surface area contributed by atoms with Crippen molar-refractivity contribution in [1.29, 1.82) is 0 Å². The number of carboxylic acids is 1. The van der Waals surface area contributed by atoms with Crippen LogP contribution in [0.2, 0.25) is 5.02 Å². The number of ether oxygens (including phenoxy) is 1. The molecule has 4 rings (SSSR count). The molecule has 1 atom stereocenters. The average Bonchev–Trinajstić information content (AvgIpc) is 3.32. The largest absolute Gasteiger partial charge is 0.493 e. The third-order valence-electron chi connectivity index (χ3n) is 5.84. The molecule has 1 heterocycles. The van der Waals surface area contributed by atoms with Crippen LogP contribution in [-0.4, -0.2) is 35.2 Å². The Kier molecular flexibility index (Phi) is 7.31. The van der Waals surface area contributed by atoms with E-state index in [2.05, 4.69) is 4.99 Å². The lowest BCUT2D eigenvalue weighted by Gasteiger charge is -2.25. The van der Waals surface area contributed by atoms with Crippen molar-refractivity contribution in [3.8, 4) is 16.9 Å². The smallest absolute Gasteiger partial charge is 0.335 e. The topological polar surface area (TPSA) is 76.0 Å². The quantitative estimate of drug-likeness (QED) is 0.331. The van der Waals surface area contributed by atoms with Gasteiger partial charge in [0.1, 0.15) is 22.9 Å². The first-order valence-corrected chi connectivity index (χ1v) is 11.6. The van der Waals surface area contributed by atoms with Crippen LogP contribution in [0.5, 0.6) is 5.75 Å². The Bertz CT molecular complexity index is 1390. The van der Waals surface area contributed by atoms with Crippen molar-refractivity contribution in [1.82, 2.24) is 0 Å². The predicted octanol–water partition coefficient (Wildman–Crippen LogP) is 6.58. The predicted molar refractivity (Wildman–Crippen MR) is 134 cm³/mol. The number of halogens is 3. The number of carbonyl (C=O) groups is 2. The van der Waals surface area contributed by atoms with Crippen molar-refractivity contribution in [2.75, 3.05) is 6.61 Å². The Hall–Kier alpha value is -3.84. The fourth-order valence-corrected chi connectivity index (χ4v) is 4.21. The van der Waals surface area contributed by atoms with E-state index in [1.54, 1.807) is 30.4 Å². The highest BCUT2D eigenvalue weighted by molar-refractivity contribution is 6.30. The highest BCUT2D eigenvalue weighted by Gasteiger charge is 2.39. The van der Waals surface area contributed by atoms with E-state index in [4.69, 9.17) is 16.3 Å². The summed E-state index contributed by atoms with van der Waals surface area (Å²) >= 11 is 5.86. The minimum absolute atomic E-state index is 0.00796. The lowest BCUT2D eigenvalue weighted by atomic mass is 9.83. The maximum absolute atomic E-state index is 14.7. The van der Waals surface area contributed by atoms with Gasteiger partial charge in [-0.3, -0.25) is 9.79 Å². The first-order valence-electron chi connectivity index (χ1n) is 11.3. The molecule has 36 heavy (non-hydrogen) atoms. The summed E-state index contributed by atoms with van der Waals surface area (Å²) in [5.74, 6) is -2.63. The number of aliphatic imine (C=N–C) groups is 1. The molecular formula is C28H22ClF2NO4. The van der Waals surface area contributed by atoms with Crippen LogP contribution in [0.15, 0.2) is 71.7 Å². The van der Waals surface area contributed by atoms with Crippen LogP contribution in [0.4, 0.5) is 8.78 Å². The van der Waals surface area contributed by atoms with E-state index in [0.717, 1.165) is 18.6 Å². The zero-order chi connectivity index (χ0) is 25.9. The Labute approximate surface area is 211 Å². The number of nitrogens with zero attached hydrogens (tertiary/aromatic N) is 1. The average molecular weight is 510 g/mol. The number of carboxylic acid groups (broad SMARTS) is 1. The van der Waals surface area contributed by atoms with Crippen LogP contribution >= 0.6 is 11.6 Å². The van der Waals surface area contributed by atoms with Crippen LogP contribution in [0, 0.1) is 11.6 Å². The molecule has 3 aromatic carbocycles. The second-order valence-corrected chi connectivity index (χ2v) is 8.80. The van der Waals surface area contributed by atoms with Gasteiger partial charge in [0.25, 0.3) is 0 Å². The second-order valence-electron chi connectivity index (χ2n) is 8.36. The molecule has 0 radical (unpaired) electrons. The first kappa shape index (κ1) is 25.3. The van der Waals surface area contributed by atoms with Gasteiger partial charge in [-0.25, -0.2) is 13.6 Å². The number of ketones is 1. The summed E-state index contributed by atoms with van der Waals surface area (Å²) in [6, 6.07) is 12.3.